The molecule has 222 valence electrons. The molecule has 19 heteroatoms. The second-order valence-corrected chi connectivity index (χ2v) is 12.7. The van der Waals surface area contributed by atoms with E-state index in [9.17, 15) is 39.7 Å². The van der Waals surface area contributed by atoms with E-state index < -0.39 is 76.5 Å². The molecule has 0 saturated heterocycles. The number of phenols is 1. The Morgan fingerprint density at radius 1 is 0.976 bits per heavy atom. The van der Waals surface area contributed by atoms with Crippen molar-refractivity contribution in [3.8, 4) is 11.5 Å². The molecule has 0 radical (unpaired) electrons. The van der Waals surface area contributed by atoms with Gasteiger partial charge in [0.05, 0.1) is 37.4 Å². The molecule has 5 N–H and O–H groups in total. The molecule has 0 atom stereocenters. The van der Waals surface area contributed by atoms with E-state index in [1.54, 1.807) is 0 Å². The van der Waals surface area contributed by atoms with Crippen LogP contribution in [0.3, 0.4) is 0 Å². The van der Waals surface area contributed by atoms with Gasteiger partial charge in [-0.2, -0.15) is 16.8 Å². The normalized spacial score (nSPS) is 12.6. The van der Waals surface area contributed by atoms with Crippen LogP contribution in [0.15, 0.2) is 62.5 Å². The highest BCUT2D eigenvalue weighted by Crippen LogP contribution is 2.43. The van der Waals surface area contributed by atoms with Crippen LogP contribution in [0.25, 0.3) is 10.8 Å². The Kier molecular flexibility index (Phi) is 9.64. The summed E-state index contributed by atoms with van der Waals surface area (Å²) in [5, 5.41) is 30.0. The fourth-order valence-corrected chi connectivity index (χ4v) is 5.61. The van der Waals surface area contributed by atoms with Gasteiger partial charge >= 0.3 is 10.4 Å². The number of aliphatic hydroxyl groups excluding tert-OH is 1. The third kappa shape index (κ3) is 8.16. The molecule has 0 saturated carbocycles. The standard InChI is InChI=1S/C22H23N3O13S3/c1-37-18-5-4-15(39(29,30)9-8-38-41(34,35)36)12-17(18)24-25-21-19(40(31,32)33)10-13-2-3-14(11-16(13)22(21)28)23-20(27)6-7-26/h2-5,10-12,26,28H,6-9H2,1H3,(H,23,27)(H,31,32,33)(H,34,35,36). The first kappa shape index (κ1) is 31.8. The van der Waals surface area contributed by atoms with E-state index in [4.69, 9.17) is 14.4 Å². The molecule has 0 aliphatic heterocycles. The zero-order chi connectivity index (χ0) is 30.6. The molecule has 0 aliphatic rings. The molecule has 0 unspecified atom stereocenters. The fourth-order valence-electron chi connectivity index (χ4n) is 3.45. The van der Waals surface area contributed by atoms with Gasteiger partial charge in [-0.3, -0.25) is 13.9 Å². The number of ether oxygens (including phenoxy) is 1. The number of aromatic hydroxyl groups is 1. The number of nitrogens with zero attached hydrogens (tertiary/aromatic N) is 2. The lowest BCUT2D eigenvalue weighted by Crippen LogP contribution is -2.15. The summed E-state index contributed by atoms with van der Waals surface area (Å²) in [6.07, 6.45) is -0.199. The van der Waals surface area contributed by atoms with E-state index in [1.165, 1.54) is 31.4 Å². The van der Waals surface area contributed by atoms with E-state index in [1.807, 2.05) is 0 Å². The second-order valence-electron chi connectivity index (χ2n) is 8.11. The zero-order valence-electron chi connectivity index (χ0n) is 21.0. The molecule has 0 aliphatic carbocycles. The van der Waals surface area contributed by atoms with E-state index in [0.717, 1.165) is 18.2 Å². The van der Waals surface area contributed by atoms with Crippen molar-refractivity contribution < 1.29 is 58.3 Å². The Morgan fingerprint density at radius 3 is 2.29 bits per heavy atom. The van der Waals surface area contributed by atoms with Crippen LogP contribution in [0.1, 0.15) is 6.42 Å². The van der Waals surface area contributed by atoms with E-state index in [-0.39, 0.29) is 34.3 Å². The number of methoxy groups -OCH3 is 1. The number of nitrogens with one attached hydrogen (secondary N) is 1. The monoisotopic (exact) mass is 633 g/mol. The number of carbonyl (C=O) groups excluding carboxylic acids is 1. The van der Waals surface area contributed by atoms with Crippen LogP contribution in [-0.2, 0) is 39.3 Å². The Hall–Kier alpha value is -3.72. The minimum absolute atomic E-state index is 0.00437. The van der Waals surface area contributed by atoms with Gasteiger partial charge in [-0.05, 0) is 41.8 Å². The van der Waals surface area contributed by atoms with E-state index >= 15 is 0 Å². The molecular formula is C22H23N3O13S3. The van der Waals surface area contributed by atoms with Crippen LogP contribution in [0.4, 0.5) is 17.1 Å². The van der Waals surface area contributed by atoms with Crippen LogP contribution in [0, 0.1) is 0 Å². The van der Waals surface area contributed by atoms with Gasteiger partial charge in [0.2, 0.25) is 5.91 Å². The molecule has 0 fully saturated rings. The number of hydrogen-bond acceptors (Lipinski definition) is 13. The number of hydrogen-bond donors (Lipinski definition) is 5. The first-order valence-corrected chi connectivity index (χ1v) is 15.6. The zero-order valence-corrected chi connectivity index (χ0v) is 23.4. The Labute approximate surface area is 233 Å². The molecule has 3 aromatic carbocycles. The maximum absolute atomic E-state index is 12.6. The lowest BCUT2D eigenvalue weighted by molar-refractivity contribution is -0.116. The van der Waals surface area contributed by atoms with Gasteiger partial charge < -0.3 is 20.3 Å². The Balaban J connectivity index is 2.10. The number of carbonyl (C=O) groups is 1. The fraction of sp³-hybridized carbons (Fsp3) is 0.227. The summed E-state index contributed by atoms with van der Waals surface area (Å²) in [5.74, 6) is -2.19. The number of rotatable bonds is 12. The van der Waals surface area contributed by atoms with Crippen LogP contribution in [-0.4, -0.2) is 76.6 Å². The molecule has 0 spiro atoms. The largest absolute Gasteiger partial charge is 0.505 e. The van der Waals surface area contributed by atoms with Gasteiger partial charge in [0.1, 0.15) is 22.0 Å². The predicted molar refractivity (Wildman–Crippen MR) is 142 cm³/mol. The summed E-state index contributed by atoms with van der Waals surface area (Å²) < 4.78 is 98.4. The average Bonchev–Trinajstić information content (AvgIpc) is 2.86. The average molecular weight is 634 g/mol. The molecule has 3 rings (SSSR count). The van der Waals surface area contributed by atoms with E-state index in [0.29, 0.717) is 0 Å². The quantitative estimate of drug-likeness (QED) is 0.142. The van der Waals surface area contributed by atoms with Crippen molar-refractivity contribution in [2.24, 2.45) is 10.2 Å². The topological polar surface area (TPSA) is 256 Å². The van der Waals surface area contributed by atoms with Gasteiger partial charge in [-0.15, -0.1) is 10.2 Å². The lowest BCUT2D eigenvalue weighted by Gasteiger charge is -2.11. The van der Waals surface area contributed by atoms with Crippen molar-refractivity contribution in [2.45, 2.75) is 16.2 Å². The minimum Gasteiger partial charge on any atom is -0.505 e. The summed E-state index contributed by atoms with van der Waals surface area (Å²) in [6.45, 7) is -1.30. The van der Waals surface area contributed by atoms with E-state index in [2.05, 4.69) is 19.7 Å². The van der Waals surface area contributed by atoms with Gasteiger partial charge in [0.15, 0.2) is 15.6 Å². The first-order chi connectivity index (χ1) is 19.1. The third-order valence-electron chi connectivity index (χ3n) is 5.30. The predicted octanol–water partition coefficient (Wildman–Crippen LogP) is 2.13. The van der Waals surface area contributed by atoms with Crippen molar-refractivity contribution in [1.29, 1.82) is 0 Å². The summed E-state index contributed by atoms with van der Waals surface area (Å²) in [5.41, 5.74) is -0.808. The first-order valence-electron chi connectivity index (χ1n) is 11.2. The van der Waals surface area contributed by atoms with Crippen LogP contribution >= 0.6 is 0 Å². The Morgan fingerprint density at radius 2 is 1.68 bits per heavy atom. The highest BCUT2D eigenvalue weighted by molar-refractivity contribution is 7.91. The minimum atomic E-state index is -4.98. The maximum atomic E-state index is 12.6. The number of fused-ring (bicyclic) bond motifs is 1. The van der Waals surface area contributed by atoms with Gasteiger partial charge in [0, 0.05) is 11.1 Å². The summed E-state index contributed by atoms with van der Waals surface area (Å²) in [6, 6.07) is 8.26. The Bertz CT molecular complexity index is 1840. The van der Waals surface area contributed by atoms with Crippen molar-refractivity contribution in [2.75, 3.05) is 31.4 Å². The molecule has 0 heterocycles. The summed E-state index contributed by atoms with van der Waals surface area (Å²) in [7, 11) is -12.8. The van der Waals surface area contributed by atoms with Gasteiger partial charge in [0.25, 0.3) is 10.1 Å². The molecule has 0 aromatic heterocycles. The SMILES string of the molecule is COc1ccc(S(=O)(=O)CCOS(=O)(=O)O)cc1N=Nc1c(S(=O)(=O)O)cc2ccc(NC(=O)CCO)cc2c1O. The highest BCUT2D eigenvalue weighted by Gasteiger charge is 2.23. The van der Waals surface area contributed by atoms with Crippen molar-refractivity contribution in [3.63, 3.8) is 0 Å². The van der Waals surface area contributed by atoms with Crippen molar-refractivity contribution >= 4 is 64.1 Å². The molecule has 0 bridgehead atoms. The molecule has 3 aromatic rings. The van der Waals surface area contributed by atoms with Crippen LogP contribution in [0.2, 0.25) is 0 Å². The number of aliphatic hydroxyl groups is 1. The third-order valence-corrected chi connectivity index (χ3v) is 8.31. The highest BCUT2D eigenvalue weighted by atomic mass is 32.3. The molecule has 41 heavy (non-hydrogen) atoms. The smallest absolute Gasteiger partial charge is 0.397 e. The van der Waals surface area contributed by atoms with Crippen LogP contribution in [0.5, 0.6) is 11.5 Å². The molecular weight excluding hydrogens is 610 g/mol. The number of amides is 1. The van der Waals surface area contributed by atoms with Gasteiger partial charge in [-0.1, -0.05) is 6.07 Å². The number of azo groups is 1. The molecule has 1 amide bonds. The van der Waals surface area contributed by atoms with Crippen molar-refractivity contribution in [1.82, 2.24) is 0 Å². The maximum Gasteiger partial charge on any atom is 0.397 e. The van der Waals surface area contributed by atoms with Gasteiger partial charge in [-0.25, -0.2) is 12.6 Å². The lowest BCUT2D eigenvalue weighted by atomic mass is 10.1. The second kappa shape index (κ2) is 12.4. The summed E-state index contributed by atoms with van der Waals surface area (Å²) in [4.78, 5) is 10.6. The number of benzene rings is 3. The van der Waals surface area contributed by atoms with Crippen LogP contribution < -0.4 is 10.1 Å². The number of sulfone groups is 1. The van der Waals surface area contributed by atoms with Crippen molar-refractivity contribution in [3.05, 3.63) is 42.5 Å². The number of anilines is 1. The number of phenolic OH excluding ortho intramolecular Hbond substituents is 1. The summed E-state index contributed by atoms with van der Waals surface area (Å²) >= 11 is 0. The molecule has 16 nitrogen and oxygen atoms in total.